The third-order valence-electron chi connectivity index (χ3n) is 6.97. The third-order valence-corrected chi connectivity index (χ3v) is 6.97. The smallest absolute Gasteiger partial charge is 0.234 e. The highest BCUT2D eigenvalue weighted by Gasteiger charge is 2.33. The van der Waals surface area contributed by atoms with Crippen molar-refractivity contribution in [3.63, 3.8) is 0 Å². The summed E-state index contributed by atoms with van der Waals surface area (Å²) in [5.74, 6) is -2.52. The fraction of sp³-hybridized carbons (Fsp3) is 0.652. The molecule has 4 rings (SSSR count). The van der Waals surface area contributed by atoms with Gasteiger partial charge in [0.2, 0.25) is 11.8 Å². The topological polar surface area (TPSA) is 52.7 Å². The molecule has 2 heterocycles. The van der Waals surface area contributed by atoms with Crippen LogP contribution in [-0.4, -0.2) is 49.4 Å². The van der Waals surface area contributed by atoms with E-state index in [1.165, 1.54) is 50.7 Å². The number of carbonyl (C=O) groups excluding carboxylic acids is 2. The summed E-state index contributed by atoms with van der Waals surface area (Å²) in [4.78, 5) is 27.8. The van der Waals surface area contributed by atoms with Gasteiger partial charge in [0.05, 0.1) is 5.92 Å². The van der Waals surface area contributed by atoms with E-state index in [0.29, 0.717) is 5.69 Å². The van der Waals surface area contributed by atoms with Crippen LogP contribution in [0.25, 0.3) is 0 Å². The summed E-state index contributed by atoms with van der Waals surface area (Å²) < 4.78 is 29.6. The molecule has 2 aliphatic heterocycles. The summed E-state index contributed by atoms with van der Waals surface area (Å²) in [6.07, 6.45) is 8.32. The van der Waals surface area contributed by atoms with Gasteiger partial charge in [-0.2, -0.15) is 0 Å². The highest BCUT2D eigenvalue weighted by atomic mass is 19.1. The molecule has 0 aromatic heterocycles. The van der Waals surface area contributed by atoms with Gasteiger partial charge >= 0.3 is 0 Å². The fourth-order valence-electron chi connectivity index (χ4n) is 5.13. The Morgan fingerprint density at radius 1 is 0.933 bits per heavy atom. The van der Waals surface area contributed by atoms with Gasteiger partial charge in [0.1, 0.15) is 11.6 Å². The van der Waals surface area contributed by atoms with E-state index in [1.807, 2.05) is 4.90 Å². The number of carbonyl (C=O) groups is 2. The van der Waals surface area contributed by atoms with Crippen molar-refractivity contribution in [3.05, 3.63) is 29.3 Å². The molecule has 5 nitrogen and oxygen atoms in total. The van der Waals surface area contributed by atoms with Crippen molar-refractivity contribution in [2.75, 3.05) is 37.6 Å². The summed E-state index contributed by atoms with van der Waals surface area (Å²) in [6.45, 7) is 4.37. The second kappa shape index (κ2) is 9.41. The monoisotopic (exact) mass is 419 g/mol. The largest absolute Gasteiger partial charge is 0.369 e. The minimum atomic E-state index is -0.951. The van der Waals surface area contributed by atoms with E-state index in [-0.39, 0.29) is 18.4 Å². The average molecular weight is 420 g/mol. The highest BCUT2D eigenvalue weighted by molar-refractivity contribution is 6.01. The number of halogens is 2. The van der Waals surface area contributed by atoms with Crippen LogP contribution in [0.4, 0.5) is 14.5 Å². The second-order valence-electron chi connectivity index (χ2n) is 8.95. The molecular weight excluding hydrogens is 388 g/mol. The summed E-state index contributed by atoms with van der Waals surface area (Å²) in [6, 6.07) is 2.67. The number of anilines is 1. The molecule has 1 aliphatic carbocycles. The van der Waals surface area contributed by atoms with Crippen LogP contribution in [0.1, 0.15) is 62.8 Å². The van der Waals surface area contributed by atoms with Crippen molar-refractivity contribution in [3.8, 4) is 0 Å². The van der Waals surface area contributed by atoms with Gasteiger partial charge in [-0.15, -0.1) is 0 Å². The normalized spacial score (nSPS) is 24.2. The summed E-state index contributed by atoms with van der Waals surface area (Å²) in [5, 5.41) is 2.17. The van der Waals surface area contributed by atoms with Gasteiger partial charge < -0.3 is 4.90 Å². The van der Waals surface area contributed by atoms with Gasteiger partial charge in [0.15, 0.2) is 0 Å². The van der Waals surface area contributed by atoms with Gasteiger partial charge in [0.25, 0.3) is 0 Å². The highest BCUT2D eigenvalue weighted by Crippen LogP contribution is 2.32. The number of nitrogens with one attached hydrogen (secondary N) is 1. The number of hydrogen-bond acceptors (Lipinski definition) is 4. The molecule has 0 spiro atoms. The molecule has 3 fully saturated rings. The molecule has 2 amide bonds. The first-order chi connectivity index (χ1) is 14.5. The minimum absolute atomic E-state index is 0.0971. The Labute approximate surface area is 176 Å². The van der Waals surface area contributed by atoms with Crippen LogP contribution in [0.3, 0.4) is 0 Å². The van der Waals surface area contributed by atoms with Crippen LogP contribution < -0.4 is 10.2 Å². The van der Waals surface area contributed by atoms with Gasteiger partial charge in [-0.25, -0.2) is 8.78 Å². The summed E-state index contributed by atoms with van der Waals surface area (Å²) in [7, 11) is 0. The lowest BCUT2D eigenvalue weighted by Crippen LogP contribution is -2.47. The zero-order valence-corrected chi connectivity index (χ0v) is 17.5. The van der Waals surface area contributed by atoms with Crippen molar-refractivity contribution in [2.45, 2.75) is 57.3 Å². The zero-order chi connectivity index (χ0) is 21.1. The standard InChI is InChI=1S/C23H31F2N3O2/c24-19-14-17(15-20(25)22(19)18-6-7-21(29)26-23(18)30)28-12-10-27(11-13-28)9-8-16-4-2-1-3-5-16/h14-16,18H,1-13H2,(H,26,29,30). The SMILES string of the molecule is O=C1CCC(c2c(F)cc(N3CCN(CCC4CCCCC4)CC3)cc2F)C(=O)N1. The zero-order valence-electron chi connectivity index (χ0n) is 17.5. The lowest BCUT2D eigenvalue weighted by Gasteiger charge is -2.37. The van der Waals surface area contributed by atoms with Gasteiger partial charge in [0, 0.05) is 43.9 Å². The van der Waals surface area contributed by atoms with Crippen LogP contribution in [0, 0.1) is 17.6 Å². The molecule has 2 saturated heterocycles. The molecule has 30 heavy (non-hydrogen) atoms. The number of nitrogens with zero attached hydrogens (tertiary/aromatic N) is 2. The maximum absolute atomic E-state index is 14.8. The molecule has 1 aromatic carbocycles. The van der Waals surface area contributed by atoms with Crippen molar-refractivity contribution in [1.82, 2.24) is 10.2 Å². The number of imide groups is 1. The van der Waals surface area contributed by atoms with E-state index in [2.05, 4.69) is 10.2 Å². The molecule has 1 aromatic rings. The summed E-state index contributed by atoms with van der Waals surface area (Å²) >= 11 is 0. The Bertz CT molecular complexity index is 764. The van der Waals surface area contributed by atoms with Crippen molar-refractivity contribution in [1.29, 1.82) is 0 Å². The second-order valence-corrected chi connectivity index (χ2v) is 8.95. The van der Waals surface area contributed by atoms with Crippen molar-refractivity contribution in [2.24, 2.45) is 5.92 Å². The average Bonchev–Trinajstić information content (AvgIpc) is 2.74. The first kappa shape index (κ1) is 21.2. The van der Waals surface area contributed by atoms with Crippen molar-refractivity contribution >= 4 is 17.5 Å². The third kappa shape index (κ3) is 4.82. The number of hydrogen-bond donors (Lipinski definition) is 1. The number of rotatable bonds is 5. The van der Waals surface area contributed by atoms with Gasteiger partial charge in [-0.1, -0.05) is 32.1 Å². The fourth-order valence-corrected chi connectivity index (χ4v) is 5.13. The molecular formula is C23H31F2N3O2. The molecule has 3 aliphatic rings. The van der Waals surface area contributed by atoms with Crippen LogP contribution >= 0.6 is 0 Å². The molecule has 7 heteroatoms. The predicted molar refractivity (Wildman–Crippen MR) is 111 cm³/mol. The molecule has 1 unspecified atom stereocenters. The number of amides is 2. The van der Waals surface area contributed by atoms with Gasteiger partial charge in [-0.3, -0.25) is 19.8 Å². The van der Waals surface area contributed by atoms with Crippen LogP contribution in [0.5, 0.6) is 0 Å². The minimum Gasteiger partial charge on any atom is -0.369 e. The van der Waals surface area contributed by atoms with Crippen LogP contribution in [0.2, 0.25) is 0 Å². The lowest BCUT2D eigenvalue weighted by molar-refractivity contribution is -0.134. The van der Waals surface area contributed by atoms with E-state index >= 15 is 0 Å². The van der Waals surface area contributed by atoms with E-state index in [0.717, 1.165) is 38.6 Å². The Morgan fingerprint density at radius 2 is 1.60 bits per heavy atom. The summed E-state index contributed by atoms with van der Waals surface area (Å²) in [5.41, 5.74) is 0.294. The van der Waals surface area contributed by atoms with Crippen LogP contribution in [0.15, 0.2) is 12.1 Å². The van der Waals surface area contributed by atoms with E-state index in [1.54, 1.807) is 0 Å². The first-order valence-corrected chi connectivity index (χ1v) is 11.3. The molecule has 1 N–H and O–H groups in total. The quantitative estimate of drug-likeness (QED) is 0.742. The number of benzene rings is 1. The van der Waals surface area contributed by atoms with Crippen LogP contribution in [-0.2, 0) is 9.59 Å². The molecule has 1 atom stereocenters. The Kier molecular flexibility index (Phi) is 6.66. The molecule has 1 saturated carbocycles. The van der Waals surface area contributed by atoms with E-state index < -0.39 is 29.4 Å². The maximum atomic E-state index is 14.8. The Balaban J connectivity index is 1.35. The van der Waals surface area contributed by atoms with E-state index in [4.69, 9.17) is 0 Å². The lowest BCUT2D eigenvalue weighted by atomic mass is 9.87. The molecule has 0 radical (unpaired) electrons. The molecule has 0 bridgehead atoms. The predicted octanol–water partition coefficient (Wildman–Crippen LogP) is 3.58. The van der Waals surface area contributed by atoms with Gasteiger partial charge in [-0.05, 0) is 37.4 Å². The maximum Gasteiger partial charge on any atom is 0.234 e. The van der Waals surface area contributed by atoms with E-state index in [9.17, 15) is 18.4 Å². The number of piperidine rings is 1. The Morgan fingerprint density at radius 3 is 2.23 bits per heavy atom. The molecule has 164 valence electrons. The van der Waals surface area contributed by atoms with Crippen molar-refractivity contribution < 1.29 is 18.4 Å². The first-order valence-electron chi connectivity index (χ1n) is 11.3. The number of piperazine rings is 1. The Hall–Kier alpha value is -2.02.